The Morgan fingerprint density at radius 3 is 2.47 bits per heavy atom. The number of rotatable bonds is 6. The van der Waals surface area contributed by atoms with Crippen LogP contribution in [0.5, 0.6) is 0 Å². The fraction of sp³-hybridized carbons (Fsp3) is 0.500. The van der Waals surface area contributed by atoms with Crippen molar-refractivity contribution in [3.05, 3.63) is 29.3 Å². The van der Waals surface area contributed by atoms with Gasteiger partial charge >= 0.3 is 0 Å². The summed E-state index contributed by atoms with van der Waals surface area (Å²) in [4.78, 5) is 1.43. The van der Waals surface area contributed by atoms with Crippen LogP contribution < -0.4 is 4.90 Å². The van der Waals surface area contributed by atoms with Crippen LogP contribution in [-0.2, 0) is 6.61 Å². The lowest BCUT2D eigenvalue weighted by atomic mass is 10.1. The molecule has 1 aromatic carbocycles. The molecule has 5 heteroatoms. The summed E-state index contributed by atoms with van der Waals surface area (Å²) in [5.74, 6) is 0. The van der Waals surface area contributed by atoms with E-state index in [9.17, 15) is 8.78 Å². The summed E-state index contributed by atoms with van der Waals surface area (Å²) >= 11 is 0. The van der Waals surface area contributed by atoms with Gasteiger partial charge in [-0.2, -0.15) is 0 Å². The van der Waals surface area contributed by atoms with Gasteiger partial charge in [0.25, 0.3) is 6.43 Å². The molecule has 0 aliphatic rings. The minimum absolute atomic E-state index is 0.0685. The van der Waals surface area contributed by atoms with Gasteiger partial charge in [0.05, 0.1) is 19.8 Å². The first-order valence-electron chi connectivity index (χ1n) is 5.42. The van der Waals surface area contributed by atoms with E-state index < -0.39 is 13.0 Å². The van der Waals surface area contributed by atoms with Gasteiger partial charge in [0.1, 0.15) is 0 Å². The Bertz CT molecular complexity index is 358. The van der Waals surface area contributed by atoms with Gasteiger partial charge in [-0.3, -0.25) is 0 Å². The fourth-order valence-electron chi connectivity index (χ4n) is 1.67. The molecule has 0 fully saturated rings. The monoisotopic (exact) mass is 245 g/mol. The molecule has 0 amide bonds. The third-order valence-corrected chi connectivity index (χ3v) is 2.59. The Hall–Kier alpha value is -1.20. The molecular formula is C12H17F2NO2. The number of hydrogen-bond donors (Lipinski definition) is 2. The van der Waals surface area contributed by atoms with E-state index in [0.29, 0.717) is 5.69 Å². The molecule has 1 rings (SSSR count). The van der Waals surface area contributed by atoms with Crippen molar-refractivity contribution in [1.82, 2.24) is 0 Å². The molecule has 3 nitrogen and oxygen atoms in total. The Labute approximate surface area is 99.3 Å². The smallest absolute Gasteiger partial charge is 0.255 e. The Morgan fingerprint density at radius 1 is 1.29 bits per heavy atom. The first kappa shape index (κ1) is 13.9. The number of aryl methyl sites for hydroxylation is 1. The predicted molar refractivity (Wildman–Crippen MR) is 62.4 cm³/mol. The molecule has 0 bridgehead atoms. The zero-order valence-electron chi connectivity index (χ0n) is 9.74. The van der Waals surface area contributed by atoms with Gasteiger partial charge in [-0.1, -0.05) is 6.07 Å². The highest BCUT2D eigenvalue weighted by atomic mass is 19.3. The van der Waals surface area contributed by atoms with Crippen molar-refractivity contribution in [2.75, 3.05) is 24.6 Å². The molecule has 2 N–H and O–H groups in total. The normalized spacial score (nSPS) is 10.9. The van der Waals surface area contributed by atoms with Crippen LogP contribution in [0.4, 0.5) is 14.5 Å². The summed E-state index contributed by atoms with van der Waals surface area (Å²) in [5, 5.41) is 17.9. The van der Waals surface area contributed by atoms with E-state index >= 15 is 0 Å². The van der Waals surface area contributed by atoms with E-state index in [4.69, 9.17) is 10.2 Å². The summed E-state index contributed by atoms with van der Waals surface area (Å²) in [5.41, 5.74) is 2.26. The second-order valence-corrected chi connectivity index (χ2v) is 3.83. The molecule has 0 heterocycles. The number of aliphatic hydroxyl groups excluding tert-OH is 2. The van der Waals surface area contributed by atoms with E-state index in [1.807, 2.05) is 6.92 Å². The third-order valence-electron chi connectivity index (χ3n) is 2.59. The first-order chi connectivity index (χ1) is 8.08. The molecule has 0 saturated heterocycles. The number of alkyl halides is 2. The van der Waals surface area contributed by atoms with Crippen LogP contribution in [-0.4, -0.2) is 36.3 Å². The topological polar surface area (TPSA) is 43.7 Å². The van der Waals surface area contributed by atoms with Crippen molar-refractivity contribution < 1.29 is 19.0 Å². The molecule has 0 aromatic heterocycles. The number of anilines is 1. The van der Waals surface area contributed by atoms with Gasteiger partial charge in [0.15, 0.2) is 0 Å². The van der Waals surface area contributed by atoms with Crippen molar-refractivity contribution in [3.8, 4) is 0 Å². The number of benzene rings is 1. The maximum absolute atomic E-state index is 12.4. The highest BCUT2D eigenvalue weighted by Crippen LogP contribution is 2.20. The van der Waals surface area contributed by atoms with Crippen LogP contribution in [0.3, 0.4) is 0 Å². The van der Waals surface area contributed by atoms with Crippen molar-refractivity contribution in [2.45, 2.75) is 20.0 Å². The van der Waals surface area contributed by atoms with Crippen LogP contribution in [0.25, 0.3) is 0 Å². The third kappa shape index (κ3) is 3.94. The molecule has 0 aliphatic heterocycles. The zero-order chi connectivity index (χ0) is 12.8. The van der Waals surface area contributed by atoms with Gasteiger partial charge in [-0.05, 0) is 30.2 Å². The molecular weight excluding hydrogens is 228 g/mol. The maximum Gasteiger partial charge on any atom is 0.255 e. The quantitative estimate of drug-likeness (QED) is 0.799. The molecule has 0 radical (unpaired) electrons. The summed E-state index contributed by atoms with van der Waals surface area (Å²) in [7, 11) is 0. The number of hydrogen-bond acceptors (Lipinski definition) is 3. The van der Waals surface area contributed by atoms with Gasteiger partial charge in [-0.25, -0.2) is 8.78 Å². The lowest BCUT2D eigenvalue weighted by Crippen LogP contribution is -2.31. The van der Waals surface area contributed by atoms with E-state index in [0.717, 1.165) is 11.1 Å². The predicted octanol–water partition coefficient (Wildman–Crippen LogP) is 1.55. The molecule has 0 saturated carbocycles. The minimum atomic E-state index is -2.45. The van der Waals surface area contributed by atoms with Crippen molar-refractivity contribution in [1.29, 1.82) is 0 Å². The lowest BCUT2D eigenvalue weighted by Gasteiger charge is -2.24. The second-order valence-electron chi connectivity index (χ2n) is 3.83. The largest absolute Gasteiger partial charge is 0.395 e. The molecule has 96 valence electrons. The van der Waals surface area contributed by atoms with Gasteiger partial charge < -0.3 is 15.1 Å². The molecule has 0 atom stereocenters. The maximum atomic E-state index is 12.4. The van der Waals surface area contributed by atoms with Crippen LogP contribution in [0.1, 0.15) is 11.1 Å². The molecule has 0 aliphatic carbocycles. The van der Waals surface area contributed by atoms with E-state index in [1.165, 1.54) is 4.90 Å². The summed E-state index contributed by atoms with van der Waals surface area (Å²) in [6.45, 7) is 1.34. The zero-order valence-corrected chi connectivity index (χ0v) is 9.74. The summed E-state index contributed by atoms with van der Waals surface area (Å²) in [6, 6.07) is 5.13. The SMILES string of the molecule is Cc1cc(N(CCO)CC(F)F)ccc1CO. The lowest BCUT2D eigenvalue weighted by molar-refractivity contribution is 0.153. The van der Waals surface area contributed by atoms with Crippen molar-refractivity contribution in [3.63, 3.8) is 0 Å². The molecule has 1 aromatic rings. The highest BCUT2D eigenvalue weighted by Gasteiger charge is 2.13. The van der Waals surface area contributed by atoms with Gasteiger partial charge in [0, 0.05) is 12.2 Å². The van der Waals surface area contributed by atoms with Crippen LogP contribution in [0, 0.1) is 6.92 Å². The van der Waals surface area contributed by atoms with Gasteiger partial charge in [0.2, 0.25) is 0 Å². The van der Waals surface area contributed by atoms with Crippen molar-refractivity contribution in [2.24, 2.45) is 0 Å². The Morgan fingerprint density at radius 2 is 2.00 bits per heavy atom. The number of nitrogens with zero attached hydrogens (tertiary/aromatic N) is 1. The molecule has 17 heavy (non-hydrogen) atoms. The van der Waals surface area contributed by atoms with Crippen LogP contribution in [0.2, 0.25) is 0 Å². The van der Waals surface area contributed by atoms with E-state index in [2.05, 4.69) is 0 Å². The average Bonchev–Trinajstić information content (AvgIpc) is 2.28. The Balaban J connectivity index is 2.89. The Kier molecular flexibility index (Phi) is 5.31. The minimum Gasteiger partial charge on any atom is -0.395 e. The molecule has 0 spiro atoms. The highest BCUT2D eigenvalue weighted by molar-refractivity contribution is 5.50. The van der Waals surface area contributed by atoms with E-state index in [1.54, 1.807) is 18.2 Å². The second kappa shape index (κ2) is 6.51. The van der Waals surface area contributed by atoms with Crippen molar-refractivity contribution >= 4 is 5.69 Å². The van der Waals surface area contributed by atoms with Crippen LogP contribution >= 0.6 is 0 Å². The number of aliphatic hydroxyl groups is 2. The first-order valence-corrected chi connectivity index (χ1v) is 5.42. The fourth-order valence-corrected chi connectivity index (χ4v) is 1.67. The molecule has 0 unspecified atom stereocenters. The standard InChI is InChI=1S/C12H17F2NO2/c1-9-6-11(3-2-10(9)8-17)15(4-5-16)7-12(13)14/h2-3,6,12,16-17H,4-5,7-8H2,1H3. The number of halogens is 2. The summed E-state index contributed by atoms with van der Waals surface area (Å²) in [6.07, 6.45) is -2.45. The van der Waals surface area contributed by atoms with E-state index in [-0.39, 0.29) is 19.8 Å². The summed E-state index contributed by atoms with van der Waals surface area (Å²) < 4.78 is 24.8. The van der Waals surface area contributed by atoms with Gasteiger partial charge in [-0.15, -0.1) is 0 Å². The van der Waals surface area contributed by atoms with Crippen LogP contribution in [0.15, 0.2) is 18.2 Å². The average molecular weight is 245 g/mol.